The second kappa shape index (κ2) is 6.12. The van der Waals surface area contributed by atoms with Crippen LogP contribution in [-0.2, 0) is 4.79 Å². The summed E-state index contributed by atoms with van der Waals surface area (Å²) in [5.41, 5.74) is 0.297. The smallest absolute Gasteiger partial charge is 0.237 e. The van der Waals surface area contributed by atoms with Crippen LogP contribution in [0.5, 0.6) is 0 Å². The summed E-state index contributed by atoms with van der Waals surface area (Å²) >= 11 is 0. The maximum absolute atomic E-state index is 13.7. The first kappa shape index (κ1) is 14.5. The van der Waals surface area contributed by atoms with Crippen molar-refractivity contribution in [3.63, 3.8) is 0 Å². The van der Waals surface area contributed by atoms with Gasteiger partial charge in [0.15, 0.2) is 0 Å². The van der Waals surface area contributed by atoms with Gasteiger partial charge in [0.05, 0.1) is 12.1 Å². The molecule has 5 heteroatoms. The molecular weight excluding hydrogens is 271 g/mol. The first-order valence-corrected chi connectivity index (χ1v) is 7.62. The largest absolute Gasteiger partial charge is 0.387 e. The standard InChI is InChI=1S/C16H21FN2O2/c17-13-5-2-1-4-12(13)15(20)10-19-9-3-6-14(19)16(21)18-11-7-8-11/h1-2,4-5,11,14-15,20H,3,6-10H2,(H,18,21). The predicted molar refractivity (Wildman–Crippen MR) is 77.1 cm³/mol. The Morgan fingerprint density at radius 2 is 2.14 bits per heavy atom. The van der Waals surface area contributed by atoms with E-state index < -0.39 is 11.9 Å². The molecule has 1 saturated carbocycles. The number of benzene rings is 1. The Morgan fingerprint density at radius 1 is 1.38 bits per heavy atom. The summed E-state index contributed by atoms with van der Waals surface area (Å²) in [7, 11) is 0. The molecule has 1 aromatic carbocycles. The molecule has 1 aliphatic carbocycles. The molecule has 2 aliphatic rings. The predicted octanol–water partition coefficient (Wildman–Crippen LogP) is 1.60. The minimum Gasteiger partial charge on any atom is -0.387 e. The van der Waals surface area contributed by atoms with Crippen LogP contribution in [0.25, 0.3) is 0 Å². The van der Waals surface area contributed by atoms with E-state index in [0.717, 1.165) is 32.2 Å². The summed E-state index contributed by atoms with van der Waals surface area (Å²) in [5, 5.41) is 13.3. The molecule has 2 N–H and O–H groups in total. The number of nitrogens with zero attached hydrogens (tertiary/aromatic N) is 1. The van der Waals surface area contributed by atoms with Gasteiger partial charge in [-0.1, -0.05) is 18.2 Å². The molecule has 114 valence electrons. The van der Waals surface area contributed by atoms with Gasteiger partial charge in [0, 0.05) is 18.2 Å². The van der Waals surface area contributed by atoms with E-state index in [1.165, 1.54) is 6.07 Å². The third-order valence-electron chi connectivity index (χ3n) is 4.26. The molecule has 1 amide bonds. The second-order valence-electron chi connectivity index (χ2n) is 5.97. The third-order valence-corrected chi connectivity index (χ3v) is 4.26. The molecule has 2 fully saturated rings. The number of carbonyl (C=O) groups is 1. The maximum Gasteiger partial charge on any atom is 0.237 e. The fourth-order valence-electron chi connectivity index (χ4n) is 2.93. The number of rotatable bonds is 5. The summed E-state index contributed by atoms with van der Waals surface area (Å²) in [6, 6.07) is 6.41. The Labute approximate surface area is 124 Å². The summed E-state index contributed by atoms with van der Waals surface area (Å²) in [5.74, 6) is -0.348. The number of halogens is 1. The minimum absolute atomic E-state index is 0.0516. The number of carbonyl (C=O) groups excluding carboxylic acids is 1. The van der Waals surface area contributed by atoms with Crippen molar-refractivity contribution in [2.45, 2.75) is 43.9 Å². The molecule has 4 nitrogen and oxygen atoms in total. The van der Waals surface area contributed by atoms with Gasteiger partial charge in [-0.15, -0.1) is 0 Å². The number of amides is 1. The lowest BCUT2D eigenvalue weighted by atomic mass is 10.1. The highest BCUT2D eigenvalue weighted by Gasteiger charge is 2.35. The number of likely N-dealkylation sites (tertiary alicyclic amines) is 1. The molecule has 2 atom stereocenters. The van der Waals surface area contributed by atoms with Crippen LogP contribution in [0.3, 0.4) is 0 Å². The molecular formula is C16H21FN2O2. The van der Waals surface area contributed by atoms with Crippen LogP contribution in [0, 0.1) is 5.82 Å². The monoisotopic (exact) mass is 292 g/mol. The zero-order valence-corrected chi connectivity index (χ0v) is 12.0. The van der Waals surface area contributed by atoms with E-state index in [1.807, 2.05) is 4.90 Å². The first-order chi connectivity index (χ1) is 10.1. The Morgan fingerprint density at radius 3 is 2.86 bits per heavy atom. The Bertz CT molecular complexity index is 519. The third kappa shape index (κ3) is 3.41. The SMILES string of the molecule is O=C(NC1CC1)C1CCCN1CC(O)c1ccccc1F. The molecule has 1 aromatic rings. The summed E-state index contributed by atoms with van der Waals surface area (Å²) in [6.07, 6.45) is 2.97. The topological polar surface area (TPSA) is 52.6 Å². The number of hydrogen-bond acceptors (Lipinski definition) is 3. The summed E-state index contributed by atoms with van der Waals surface area (Å²) < 4.78 is 13.7. The average Bonchev–Trinajstić information content (AvgIpc) is 3.15. The van der Waals surface area contributed by atoms with E-state index in [-0.39, 0.29) is 11.9 Å². The highest BCUT2D eigenvalue weighted by Crippen LogP contribution is 2.25. The highest BCUT2D eigenvalue weighted by atomic mass is 19.1. The van der Waals surface area contributed by atoms with E-state index in [9.17, 15) is 14.3 Å². The zero-order chi connectivity index (χ0) is 14.8. The number of hydrogen-bond donors (Lipinski definition) is 2. The van der Waals surface area contributed by atoms with E-state index in [1.54, 1.807) is 18.2 Å². The molecule has 0 spiro atoms. The summed E-state index contributed by atoms with van der Waals surface area (Å²) in [4.78, 5) is 14.1. The molecule has 1 saturated heterocycles. The fourth-order valence-corrected chi connectivity index (χ4v) is 2.93. The minimum atomic E-state index is -0.902. The van der Waals surface area contributed by atoms with Crippen molar-refractivity contribution < 1.29 is 14.3 Å². The van der Waals surface area contributed by atoms with Gasteiger partial charge in [0.1, 0.15) is 5.82 Å². The van der Waals surface area contributed by atoms with Gasteiger partial charge in [-0.05, 0) is 38.3 Å². The normalized spacial score (nSPS) is 24.0. The quantitative estimate of drug-likeness (QED) is 0.867. The van der Waals surface area contributed by atoms with Crippen molar-refractivity contribution in [3.05, 3.63) is 35.6 Å². The Balaban J connectivity index is 1.62. The molecule has 21 heavy (non-hydrogen) atoms. The van der Waals surface area contributed by atoms with Crippen LogP contribution in [0.15, 0.2) is 24.3 Å². The lowest BCUT2D eigenvalue weighted by Crippen LogP contribution is -2.45. The van der Waals surface area contributed by atoms with Gasteiger partial charge in [-0.3, -0.25) is 9.69 Å². The van der Waals surface area contributed by atoms with Gasteiger partial charge in [-0.2, -0.15) is 0 Å². The van der Waals surface area contributed by atoms with E-state index >= 15 is 0 Å². The van der Waals surface area contributed by atoms with Crippen molar-refractivity contribution in [1.82, 2.24) is 10.2 Å². The molecule has 1 aliphatic heterocycles. The maximum atomic E-state index is 13.7. The van der Waals surface area contributed by atoms with Crippen molar-refractivity contribution in [2.24, 2.45) is 0 Å². The van der Waals surface area contributed by atoms with Crippen LogP contribution < -0.4 is 5.32 Å². The van der Waals surface area contributed by atoms with Crippen molar-refractivity contribution in [1.29, 1.82) is 0 Å². The molecule has 0 radical (unpaired) electrons. The average molecular weight is 292 g/mol. The van der Waals surface area contributed by atoms with Gasteiger partial charge >= 0.3 is 0 Å². The van der Waals surface area contributed by atoms with Crippen LogP contribution in [0.4, 0.5) is 4.39 Å². The second-order valence-corrected chi connectivity index (χ2v) is 5.97. The van der Waals surface area contributed by atoms with Crippen molar-refractivity contribution in [3.8, 4) is 0 Å². The van der Waals surface area contributed by atoms with Crippen molar-refractivity contribution >= 4 is 5.91 Å². The van der Waals surface area contributed by atoms with E-state index in [0.29, 0.717) is 18.2 Å². The lowest BCUT2D eigenvalue weighted by molar-refractivity contribution is -0.126. The van der Waals surface area contributed by atoms with Crippen LogP contribution >= 0.6 is 0 Å². The molecule has 0 bridgehead atoms. The molecule has 0 aromatic heterocycles. The van der Waals surface area contributed by atoms with E-state index in [4.69, 9.17) is 0 Å². The van der Waals surface area contributed by atoms with Gasteiger partial charge in [-0.25, -0.2) is 4.39 Å². The lowest BCUT2D eigenvalue weighted by Gasteiger charge is -2.26. The first-order valence-electron chi connectivity index (χ1n) is 7.62. The van der Waals surface area contributed by atoms with Crippen molar-refractivity contribution in [2.75, 3.05) is 13.1 Å². The molecule has 1 heterocycles. The Hall–Kier alpha value is -1.46. The number of aliphatic hydroxyl groups excluding tert-OH is 1. The van der Waals surface area contributed by atoms with Gasteiger partial charge in [0.25, 0.3) is 0 Å². The summed E-state index contributed by atoms with van der Waals surface area (Å²) in [6.45, 7) is 1.07. The molecule has 2 unspecified atom stereocenters. The molecule has 3 rings (SSSR count). The van der Waals surface area contributed by atoms with Gasteiger partial charge < -0.3 is 10.4 Å². The highest BCUT2D eigenvalue weighted by molar-refractivity contribution is 5.82. The Kier molecular flexibility index (Phi) is 4.22. The fraction of sp³-hybridized carbons (Fsp3) is 0.562. The van der Waals surface area contributed by atoms with E-state index in [2.05, 4.69) is 5.32 Å². The zero-order valence-electron chi connectivity index (χ0n) is 12.0. The number of nitrogens with one attached hydrogen (secondary N) is 1. The van der Waals surface area contributed by atoms with Gasteiger partial charge in [0.2, 0.25) is 5.91 Å². The van der Waals surface area contributed by atoms with Crippen LogP contribution in [0.2, 0.25) is 0 Å². The number of β-amino-alcohol motifs (C(OH)–C–C–N with tert-alkyl or cyclic N) is 1. The number of aliphatic hydroxyl groups is 1. The van der Waals surface area contributed by atoms with Crippen LogP contribution in [0.1, 0.15) is 37.4 Å². The van der Waals surface area contributed by atoms with Crippen LogP contribution in [-0.4, -0.2) is 41.1 Å².